The molecule has 1 fully saturated rings. The van der Waals surface area contributed by atoms with Crippen LogP contribution in [0, 0.1) is 0 Å². The number of halogens is 1. The van der Waals surface area contributed by atoms with Crippen LogP contribution in [0.4, 0.5) is 4.79 Å². The molecule has 1 heterocycles. The normalized spacial score (nSPS) is 17.4. The Morgan fingerprint density at radius 3 is 2.48 bits per heavy atom. The number of hydrogen-bond acceptors (Lipinski definition) is 2. The number of amides is 3. The van der Waals surface area contributed by atoms with Crippen LogP contribution in [0.1, 0.15) is 17.5 Å². The lowest BCUT2D eigenvalue weighted by Crippen LogP contribution is -2.31. The van der Waals surface area contributed by atoms with Gasteiger partial charge in [0.25, 0.3) is 5.91 Å². The van der Waals surface area contributed by atoms with Crippen molar-refractivity contribution in [2.45, 2.75) is 25.4 Å². The predicted molar refractivity (Wildman–Crippen MR) is 89.1 cm³/mol. The summed E-state index contributed by atoms with van der Waals surface area (Å²) >= 11 is 5.95. The molecule has 0 bridgehead atoms. The van der Waals surface area contributed by atoms with Gasteiger partial charge in [-0.2, -0.15) is 0 Å². The molecule has 2 aromatic carbocycles. The maximum absolute atomic E-state index is 12.4. The van der Waals surface area contributed by atoms with Gasteiger partial charge in [-0.25, -0.2) is 4.79 Å². The van der Waals surface area contributed by atoms with Crippen molar-refractivity contribution in [1.82, 2.24) is 10.2 Å². The van der Waals surface area contributed by atoms with Crippen LogP contribution in [0.3, 0.4) is 0 Å². The molecule has 0 radical (unpaired) electrons. The Hall–Kier alpha value is -2.33. The lowest BCUT2D eigenvalue weighted by Gasteiger charge is -2.13. The molecule has 23 heavy (non-hydrogen) atoms. The Labute approximate surface area is 140 Å². The second-order valence-electron chi connectivity index (χ2n) is 5.58. The molecule has 4 nitrogen and oxygen atoms in total. The molecular weight excluding hydrogens is 312 g/mol. The van der Waals surface area contributed by atoms with Crippen LogP contribution >= 0.6 is 11.6 Å². The van der Waals surface area contributed by atoms with E-state index in [9.17, 15) is 9.59 Å². The SMILES string of the molecule is O=C1N[C@H](CCc2ccccc2)C(=O)N1Cc1cccc(Cl)c1. The molecule has 2 aromatic rings. The van der Waals surface area contributed by atoms with Crippen molar-refractivity contribution in [3.05, 3.63) is 70.7 Å². The molecule has 0 spiro atoms. The monoisotopic (exact) mass is 328 g/mol. The quantitative estimate of drug-likeness (QED) is 0.855. The summed E-state index contributed by atoms with van der Waals surface area (Å²) in [5.74, 6) is -0.175. The van der Waals surface area contributed by atoms with E-state index < -0.39 is 6.04 Å². The molecule has 5 heteroatoms. The van der Waals surface area contributed by atoms with Gasteiger partial charge in [0.05, 0.1) is 6.54 Å². The topological polar surface area (TPSA) is 49.4 Å². The first-order valence-corrected chi connectivity index (χ1v) is 7.91. The summed E-state index contributed by atoms with van der Waals surface area (Å²) in [5.41, 5.74) is 1.99. The van der Waals surface area contributed by atoms with Crippen LogP contribution in [0.25, 0.3) is 0 Å². The maximum atomic E-state index is 12.4. The molecule has 0 aromatic heterocycles. The van der Waals surface area contributed by atoms with Gasteiger partial charge in [-0.15, -0.1) is 0 Å². The van der Waals surface area contributed by atoms with Crippen molar-refractivity contribution >= 4 is 23.5 Å². The van der Waals surface area contributed by atoms with E-state index in [1.165, 1.54) is 4.90 Å². The van der Waals surface area contributed by atoms with Gasteiger partial charge in [-0.05, 0) is 36.1 Å². The molecule has 1 aliphatic heterocycles. The van der Waals surface area contributed by atoms with Gasteiger partial charge in [-0.3, -0.25) is 9.69 Å². The van der Waals surface area contributed by atoms with Gasteiger partial charge in [0.2, 0.25) is 0 Å². The van der Waals surface area contributed by atoms with Crippen molar-refractivity contribution < 1.29 is 9.59 Å². The lowest BCUT2D eigenvalue weighted by atomic mass is 10.1. The number of carbonyl (C=O) groups excluding carboxylic acids is 2. The average molecular weight is 329 g/mol. The number of nitrogens with zero attached hydrogens (tertiary/aromatic N) is 1. The Balaban J connectivity index is 1.63. The smallest absolute Gasteiger partial charge is 0.325 e. The second-order valence-corrected chi connectivity index (χ2v) is 6.02. The number of urea groups is 1. The number of imide groups is 1. The third-order valence-corrected chi connectivity index (χ3v) is 4.14. The zero-order valence-electron chi connectivity index (χ0n) is 12.5. The number of nitrogens with one attached hydrogen (secondary N) is 1. The summed E-state index contributed by atoms with van der Waals surface area (Å²) in [6.45, 7) is 0.243. The molecule has 1 atom stereocenters. The highest BCUT2D eigenvalue weighted by Crippen LogP contribution is 2.18. The first-order valence-electron chi connectivity index (χ1n) is 7.54. The fourth-order valence-corrected chi connectivity index (χ4v) is 2.91. The van der Waals surface area contributed by atoms with E-state index in [1.807, 2.05) is 42.5 Å². The lowest BCUT2D eigenvalue weighted by molar-refractivity contribution is -0.128. The van der Waals surface area contributed by atoms with E-state index in [2.05, 4.69) is 5.32 Å². The van der Waals surface area contributed by atoms with E-state index in [0.717, 1.165) is 17.5 Å². The van der Waals surface area contributed by atoms with Crippen LogP contribution < -0.4 is 5.32 Å². The van der Waals surface area contributed by atoms with E-state index in [1.54, 1.807) is 12.1 Å². The standard InChI is InChI=1S/C18H17ClN2O2/c19-15-8-4-7-14(11-15)12-21-17(22)16(20-18(21)23)10-9-13-5-2-1-3-6-13/h1-8,11,16H,9-10,12H2,(H,20,23)/t16-/m1/s1. The van der Waals surface area contributed by atoms with Gasteiger partial charge in [0, 0.05) is 5.02 Å². The Kier molecular flexibility index (Phi) is 4.63. The van der Waals surface area contributed by atoms with E-state index in [4.69, 9.17) is 11.6 Å². The molecule has 1 N–H and O–H groups in total. The Bertz CT molecular complexity index is 718. The van der Waals surface area contributed by atoms with Crippen molar-refractivity contribution in [3.63, 3.8) is 0 Å². The summed E-state index contributed by atoms with van der Waals surface area (Å²) < 4.78 is 0. The first-order chi connectivity index (χ1) is 11.1. The minimum Gasteiger partial charge on any atom is -0.326 e. The van der Waals surface area contributed by atoms with Gasteiger partial charge >= 0.3 is 6.03 Å². The number of rotatable bonds is 5. The van der Waals surface area contributed by atoms with E-state index >= 15 is 0 Å². The van der Waals surface area contributed by atoms with Crippen LogP contribution in [-0.2, 0) is 17.8 Å². The van der Waals surface area contributed by atoms with Gasteiger partial charge in [-0.1, -0.05) is 54.1 Å². The van der Waals surface area contributed by atoms with E-state index in [-0.39, 0.29) is 18.5 Å². The molecule has 0 aliphatic carbocycles. The number of hydrogen-bond donors (Lipinski definition) is 1. The molecule has 0 unspecified atom stereocenters. The highest BCUT2D eigenvalue weighted by atomic mass is 35.5. The average Bonchev–Trinajstić information content (AvgIpc) is 2.82. The van der Waals surface area contributed by atoms with Crippen LogP contribution in [0.5, 0.6) is 0 Å². The first kappa shape index (κ1) is 15.6. The van der Waals surface area contributed by atoms with Crippen molar-refractivity contribution in [1.29, 1.82) is 0 Å². The van der Waals surface area contributed by atoms with Crippen LogP contribution in [-0.4, -0.2) is 22.9 Å². The fraction of sp³-hybridized carbons (Fsp3) is 0.222. The molecule has 3 amide bonds. The van der Waals surface area contributed by atoms with Gasteiger partial charge in [0.15, 0.2) is 0 Å². The highest BCUT2D eigenvalue weighted by Gasteiger charge is 2.37. The number of benzene rings is 2. The molecule has 3 rings (SSSR count). The Morgan fingerprint density at radius 1 is 1.00 bits per heavy atom. The number of carbonyl (C=O) groups is 2. The summed E-state index contributed by atoms with van der Waals surface area (Å²) in [6, 6.07) is 16.3. The summed E-state index contributed by atoms with van der Waals surface area (Å²) in [4.78, 5) is 25.7. The maximum Gasteiger partial charge on any atom is 0.325 e. The zero-order valence-corrected chi connectivity index (χ0v) is 13.3. The zero-order chi connectivity index (χ0) is 16.2. The van der Waals surface area contributed by atoms with Crippen LogP contribution in [0.2, 0.25) is 5.02 Å². The van der Waals surface area contributed by atoms with Gasteiger partial charge < -0.3 is 5.32 Å². The Morgan fingerprint density at radius 2 is 1.74 bits per heavy atom. The molecule has 1 aliphatic rings. The summed E-state index contributed by atoms with van der Waals surface area (Å²) in [7, 11) is 0. The largest absolute Gasteiger partial charge is 0.326 e. The van der Waals surface area contributed by atoms with Crippen LogP contribution in [0.15, 0.2) is 54.6 Å². The fourth-order valence-electron chi connectivity index (χ4n) is 2.70. The second kappa shape index (κ2) is 6.84. The summed E-state index contributed by atoms with van der Waals surface area (Å²) in [6.07, 6.45) is 1.35. The predicted octanol–water partition coefficient (Wildman–Crippen LogP) is 3.39. The summed E-state index contributed by atoms with van der Waals surface area (Å²) in [5, 5.41) is 3.36. The third-order valence-electron chi connectivity index (χ3n) is 3.90. The molecule has 0 saturated carbocycles. The minimum atomic E-state index is -0.457. The van der Waals surface area contributed by atoms with Crippen molar-refractivity contribution in [3.8, 4) is 0 Å². The molecular formula is C18H17ClN2O2. The minimum absolute atomic E-state index is 0.175. The highest BCUT2D eigenvalue weighted by molar-refractivity contribution is 6.30. The molecule has 118 valence electrons. The molecule has 1 saturated heterocycles. The third kappa shape index (κ3) is 3.71. The van der Waals surface area contributed by atoms with E-state index in [0.29, 0.717) is 11.4 Å². The van der Waals surface area contributed by atoms with Crippen molar-refractivity contribution in [2.24, 2.45) is 0 Å². The van der Waals surface area contributed by atoms with Crippen molar-refractivity contribution in [2.75, 3.05) is 0 Å². The van der Waals surface area contributed by atoms with Gasteiger partial charge in [0.1, 0.15) is 6.04 Å². The number of aryl methyl sites for hydroxylation is 1.